The van der Waals surface area contributed by atoms with E-state index in [1.54, 1.807) is 20.3 Å². The number of phenolic OH excluding ortho intramolecular Hbond substituents is 1. The zero-order valence-corrected chi connectivity index (χ0v) is 10.9. The summed E-state index contributed by atoms with van der Waals surface area (Å²) in [5, 5.41) is 13.2. The molecule has 2 rings (SSSR count). The van der Waals surface area contributed by atoms with E-state index < -0.39 is 0 Å². The standard InChI is InChI=1S/C13H19NO4/c1-16-11-7-9-8(6-10(11)15)4-5-14-12(9)13(17-2)18-3/h6-7,12-15H,4-5H2,1-3H3. The monoisotopic (exact) mass is 253 g/mol. The minimum atomic E-state index is -0.363. The van der Waals surface area contributed by atoms with E-state index in [4.69, 9.17) is 14.2 Å². The van der Waals surface area contributed by atoms with Crippen molar-refractivity contribution < 1.29 is 19.3 Å². The highest BCUT2D eigenvalue weighted by Gasteiger charge is 2.29. The van der Waals surface area contributed by atoms with Crippen LogP contribution in [0.1, 0.15) is 17.2 Å². The van der Waals surface area contributed by atoms with Crippen LogP contribution in [0, 0.1) is 0 Å². The van der Waals surface area contributed by atoms with E-state index in [0.29, 0.717) is 5.75 Å². The number of ether oxygens (including phenoxy) is 3. The minimum absolute atomic E-state index is 0.0572. The van der Waals surface area contributed by atoms with Gasteiger partial charge < -0.3 is 24.6 Å². The Morgan fingerprint density at radius 2 is 2.00 bits per heavy atom. The Morgan fingerprint density at radius 3 is 2.61 bits per heavy atom. The molecule has 0 amide bonds. The van der Waals surface area contributed by atoms with Gasteiger partial charge in [-0.2, -0.15) is 0 Å². The summed E-state index contributed by atoms with van der Waals surface area (Å²) in [7, 11) is 4.76. The lowest BCUT2D eigenvalue weighted by atomic mass is 9.93. The number of hydrogen-bond acceptors (Lipinski definition) is 5. The van der Waals surface area contributed by atoms with Crippen molar-refractivity contribution in [1.29, 1.82) is 0 Å². The van der Waals surface area contributed by atoms with Crippen molar-refractivity contribution in [2.75, 3.05) is 27.9 Å². The minimum Gasteiger partial charge on any atom is -0.504 e. The maximum Gasteiger partial charge on any atom is 0.176 e. The van der Waals surface area contributed by atoms with Crippen molar-refractivity contribution in [3.8, 4) is 11.5 Å². The van der Waals surface area contributed by atoms with Crippen LogP contribution < -0.4 is 10.1 Å². The second kappa shape index (κ2) is 5.56. The normalized spacial score (nSPS) is 18.8. The Balaban J connectivity index is 2.41. The van der Waals surface area contributed by atoms with Crippen LogP contribution >= 0.6 is 0 Å². The van der Waals surface area contributed by atoms with Gasteiger partial charge in [0.2, 0.25) is 0 Å². The topological polar surface area (TPSA) is 60.0 Å². The van der Waals surface area contributed by atoms with Gasteiger partial charge in [0.25, 0.3) is 0 Å². The number of rotatable bonds is 4. The molecular weight excluding hydrogens is 234 g/mol. The Morgan fingerprint density at radius 1 is 1.28 bits per heavy atom. The smallest absolute Gasteiger partial charge is 0.176 e. The summed E-state index contributed by atoms with van der Waals surface area (Å²) in [6.07, 6.45) is 0.502. The van der Waals surface area contributed by atoms with Gasteiger partial charge in [-0.15, -0.1) is 0 Å². The fourth-order valence-electron chi connectivity index (χ4n) is 2.38. The molecule has 1 aromatic carbocycles. The molecule has 1 aromatic rings. The first-order chi connectivity index (χ1) is 8.71. The Labute approximate surface area is 107 Å². The lowest BCUT2D eigenvalue weighted by Gasteiger charge is -2.32. The van der Waals surface area contributed by atoms with Crippen LogP contribution in [0.15, 0.2) is 12.1 Å². The molecule has 1 aliphatic heterocycles. The molecule has 0 aromatic heterocycles. The molecular formula is C13H19NO4. The highest BCUT2D eigenvalue weighted by molar-refractivity contribution is 5.48. The fourth-order valence-corrected chi connectivity index (χ4v) is 2.38. The molecule has 2 N–H and O–H groups in total. The van der Waals surface area contributed by atoms with E-state index in [9.17, 15) is 5.11 Å². The SMILES string of the molecule is COc1cc2c(cc1O)CCNC2C(OC)OC. The lowest BCUT2D eigenvalue weighted by molar-refractivity contribution is -0.125. The first-order valence-corrected chi connectivity index (χ1v) is 5.90. The summed E-state index contributed by atoms with van der Waals surface area (Å²) in [6, 6.07) is 3.54. The lowest BCUT2D eigenvalue weighted by Crippen LogP contribution is -2.39. The Kier molecular flexibility index (Phi) is 4.06. The van der Waals surface area contributed by atoms with Gasteiger partial charge in [-0.3, -0.25) is 0 Å². The molecule has 0 aliphatic carbocycles. The van der Waals surface area contributed by atoms with Gasteiger partial charge in [0.15, 0.2) is 17.8 Å². The molecule has 18 heavy (non-hydrogen) atoms. The van der Waals surface area contributed by atoms with E-state index in [1.807, 2.05) is 6.07 Å². The molecule has 1 atom stereocenters. The van der Waals surface area contributed by atoms with Crippen molar-refractivity contribution in [2.45, 2.75) is 18.8 Å². The quantitative estimate of drug-likeness (QED) is 0.790. The second-order valence-corrected chi connectivity index (χ2v) is 4.24. The summed E-state index contributed by atoms with van der Waals surface area (Å²) in [4.78, 5) is 0. The summed E-state index contributed by atoms with van der Waals surface area (Å²) >= 11 is 0. The molecule has 0 fully saturated rings. The third kappa shape index (κ3) is 2.29. The highest BCUT2D eigenvalue weighted by atomic mass is 16.7. The number of phenols is 1. The van der Waals surface area contributed by atoms with Crippen molar-refractivity contribution in [1.82, 2.24) is 5.32 Å². The highest BCUT2D eigenvalue weighted by Crippen LogP contribution is 2.35. The first kappa shape index (κ1) is 13.1. The number of aromatic hydroxyl groups is 1. The average Bonchev–Trinajstić information content (AvgIpc) is 2.39. The van der Waals surface area contributed by atoms with Gasteiger partial charge in [-0.1, -0.05) is 0 Å². The second-order valence-electron chi connectivity index (χ2n) is 4.24. The molecule has 100 valence electrons. The van der Waals surface area contributed by atoms with Crippen LogP contribution in [0.5, 0.6) is 11.5 Å². The van der Waals surface area contributed by atoms with Crippen LogP contribution in [0.3, 0.4) is 0 Å². The van der Waals surface area contributed by atoms with E-state index in [-0.39, 0.29) is 18.1 Å². The Bertz CT molecular complexity index is 418. The third-order valence-electron chi connectivity index (χ3n) is 3.27. The van der Waals surface area contributed by atoms with Crippen LogP contribution in [0.25, 0.3) is 0 Å². The average molecular weight is 253 g/mol. The summed E-state index contributed by atoms with van der Waals surface area (Å²) < 4.78 is 15.8. The predicted octanol–water partition coefficient (Wildman–Crippen LogP) is 1.21. The third-order valence-corrected chi connectivity index (χ3v) is 3.27. The molecule has 0 spiro atoms. The van der Waals surface area contributed by atoms with E-state index in [2.05, 4.69) is 5.32 Å². The van der Waals surface area contributed by atoms with Crippen molar-refractivity contribution in [2.24, 2.45) is 0 Å². The van der Waals surface area contributed by atoms with Gasteiger partial charge in [0.05, 0.1) is 13.2 Å². The molecule has 0 saturated heterocycles. The number of nitrogens with one attached hydrogen (secondary N) is 1. The Hall–Kier alpha value is -1.30. The van der Waals surface area contributed by atoms with Crippen molar-refractivity contribution in [3.63, 3.8) is 0 Å². The van der Waals surface area contributed by atoms with Crippen LogP contribution in [0.4, 0.5) is 0 Å². The van der Waals surface area contributed by atoms with Gasteiger partial charge in [0.1, 0.15) is 0 Å². The van der Waals surface area contributed by atoms with Gasteiger partial charge in [-0.25, -0.2) is 0 Å². The number of fused-ring (bicyclic) bond motifs is 1. The van der Waals surface area contributed by atoms with Crippen LogP contribution in [-0.2, 0) is 15.9 Å². The van der Waals surface area contributed by atoms with Crippen molar-refractivity contribution >= 4 is 0 Å². The van der Waals surface area contributed by atoms with E-state index in [0.717, 1.165) is 24.1 Å². The molecule has 0 radical (unpaired) electrons. The maximum atomic E-state index is 9.80. The maximum absolute atomic E-state index is 9.80. The van der Waals surface area contributed by atoms with E-state index >= 15 is 0 Å². The van der Waals surface area contributed by atoms with Gasteiger partial charge >= 0.3 is 0 Å². The predicted molar refractivity (Wildman–Crippen MR) is 66.9 cm³/mol. The molecule has 1 unspecified atom stereocenters. The molecule has 1 aliphatic rings. The molecule has 5 nitrogen and oxygen atoms in total. The molecule has 0 bridgehead atoms. The van der Waals surface area contributed by atoms with Gasteiger partial charge in [0, 0.05) is 14.2 Å². The molecule has 5 heteroatoms. The zero-order chi connectivity index (χ0) is 13.1. The summed E-state index contributed by atoms with van der Waals surface area (Å²) in [5.41, 5.74) is 2.14. The first-order valence-electron chi connectivity index (χ1n) is 5.90. The van der Waals surface area contributed by atoms with Crippen LogP contribution in [0.2, 0.25) is 0 Å². The number of methoxy groups -OCH3 is 3. The van der Waals surface area contributed by atoms with Crippen molar-refractivity contribution in [3.05, 3.63) is 23.3 Å². The zero-order valence-electron chi connectivity index (χ0n) is 10.9. The summed E-state index contributed by atoms with van der Waals surface area (Å²) in [6.45, 7) is 0.826. The largest absolute Gasteiger partial charge is 0.504 e. The van der Waals surface area contributed by atoms with Crippen LogP contribution in [-0.4, -0.2) is 39.3 Å². The molecule has 0 saturated carbocycles. The number of benzene rings is 1. The number of hydrogen-bond donors (Lipinski definition) is 2. The van der Waals surface area contributed by atoms with Gasteiger partial charge in [-0.05, 0) is 36.2 Å². The van der Waals surface area contributed by atoms with E-state index in [1.165, 1.54) is 7.11 Å². The summed E-state index contributed by atoms with van der Waals surface area (Å²) in [5.74, 6) is 0.636. The fraction of sp³-hybridized carbons (Fsp3) is 0.538. The molecule has 1 heterocycles.